The van der Waals surface area contributed by atoms with E-state index in [9.17, 15) is 9.90 Å². The summed E-state index contributed by atoms with van der Waals surface area (Å²) in [6.07, 6.45) is 8.37. The van der Waals surface area contributed by atoms with Crippen LogP contribution in [0.1, 0.15) is 42.5 Å². The van der Waals surface area contributed by atoms with E-state index in [0.29, 0.717) is 12.1 Å². The fourth-order valence-electron chi connectivity index (χ4n) is 4.29. The van der Waals surface area contributed by atoms with Gasteiger partial charge in [-0.3, -0.25) is 4.79 Å². The van der Waals surface area contributed by atoms with Gasteiger partial charge in [-0.25, -0.2) is 4.68 Å². The molecule has 5 heteroatoms. The van der Waals surface area contributed by atoms with Crippen molar-refractivity contribution < 1.29 is 9.90 Å². The van der Waals surface area contributed by atoms with Gasteiger partial charge >= 0.3 is 0 Å². The van der Waals surface area contributed by atoms with Crippen LogP contribution in [-0.4, -0.2) is 44.9 Å². The molecule has 2 fully saturated rings. The molecular weight excluding hydrogens is 302 g/mol. The molecular formula is C19H23N3O2. The van der Waals surface area contributed by atoms with Gasteiger partial charge in [-0.15, -0.1) is 0 Å². The molecule has 1 saturated heterocycles. The van der Waals surface area contributed by atoms with Gasteiger partial charge in [-0.1, -0.05) is 6.42 Å². The van der Waals surface area contributed by atoms with E-state index in [1.54, 1.807) is 10.9 Å². The Labute approximate surface area is 141 Å². The van der Waals surface area contributed by atoms with Gasteiger partial charge in [0.1, 0.15) is 0 Å². The molecule has 4 rings (SSSR count). The zero-order chi connectivity index (χ0) is 16.6. The minimum absolute atomic E-state index is 0.0666. The van der Waals surface area contributed by atoms with Gasteiger partial charge in [0.25, 0.3) is 5.91 Å². The highest BCUT2D eigenvalue weighted by atomic mass is 16.3. The molecule has 1 spiro atoms. The maximum Gasteiger partial charge on any atom is 0.253 e. The molecule has 5 nitrogen and oxygen atoms in total. The molecule has 2 aliphatic rings. The lowest BCUT2D eigenvalue weighted by molar-refractivity contribution is -0.00535. The van der Waals surface area contributed by atoms with Crippen molar-refractivity contribution >= 4 is 5.91 Å². The lowest BCUT2D eigenvalue weighted by atomic mass is 9.76. The number of carbonyl (C=O) groups excluding carboxylic acids is 1. The zero-order valence-corrected chi connectivity index (χ0v) is 13.8. The molecule has 2 heterocycles. The van der Waals surface area contributed by atoms with Crippen LogP contribution in [0.25, 0.3) is 5.69 Å². The van der Waals surface area contributed by atoms with Crippen molar-refractivity contribution in [1.82, 2.24) is 14.7 Å². The first-order chi connectivity index (χ1) is 11.7. The second-order valence-electron chi connectivity index (χ2n) is 7.10. The van der Waals surface area contributed by atoms with Gasteiger partial charge in [0.05, 0.1) is 11.8 Å². The number of nitrogens with zero attached hydrogens (tertiary/aromatic N) is 3. The van der Waals surface area contributed by atoms with E-state index in [1.165, 1.54) is 0 Å². The molecule has 1 aliphatic heterocycles. The van der Waals surface area contributed by atoms with E-state index < -0.39 is 0 Å². The van der Waals surface area contributed by atoms with Crippen LogP contribution < -0.4 is 0 Å². The van der Waals surface area contributed by atoms with E-state index in [4.69, 9.17) is 0 Å². The average Bonchev–Trinajstić information content (AvgIpc) is 3.26. The number of carbonyl (C=O) groups is 1. The largest absolute Gasteiger partial charge is 0.392 e. The van der Waals surface area contributed by atoms with Crippen LogP contribution in [0.15, 0.2) is 42.7 Å². The summed E-state index contributed by atoms with van der Waals surface area (Å²) in [6, 6.07) is 9.45. The van der Waals surface area contributed by atoms with Crippen molar-refractivity contribution in [3.8, 4) is 5.69 Å². The number of hydrogen-bond donors (Lipinski definition) is 1. The fourth-order valence-corrected chi connectivity index (χ4v) is 4.29. The van der Waals surface area contributed by atoms with Crippen molar-refractivity contribution in [2.75, 3.05) is 13.1 Å². The summed E-state index contributed by atoms with van der Waals surface area (Å²) in [6.45, 7) is 1.47. The summed E-state index contributed by atoms with van der Waals surface area (Å²) in [5.41, 5.74) is 1.58. The maximum absolute atomic E-state index is 12.9. The summed E-state index contributed by atoms with van der Waals surface area (Å²) < 4.78 is 1.78. The Morgan fingerprint density at radius 1 is 1.21 bits per heavy atom. The number of benzene rings is 1. The second-order valence-corrected chi connectivity index (χ2v) is 7.10. The number of aliphatic hydroxyl groups excluding tert-OH is 1. The van der Waals surface area contributed by atoms with Crippen molar-refractivity contribution in [1.29, 1.82) is 0 Å². The minimum Gasteiger partial charge on any atom is -0.392 e. The Balaban J connectivity index is 1.51. The van der Waals surface area contributed by atoms with Gasteiger partial charge in [-0.2, -0.15) is 5.10 Å². The van der Waals surface area contributed by atoms with Crippen molar-refractivity contribution in [3.63, 3.8) is 0 Å². The summed E-state index contributed by atoms with van der Waals surface area (Å²) >= 11 is 0. The third-order valence-electron chi connectivity index (χ3n) is 5.64. The molecule has 0 bridgehead atoms. The van der Waals surface area contributed by atoms with Gasteiger partial charge in [-0.05, 0) is 56.0 Å². The Morgan fingerprint density at radius 3 is 2.67 bits per heavy atom. The Bertz CT molecular complexity index is 711. The molecule has 1 aromatic heterocycles. The molecule has 1 aliphatic carbocycles. The zero-order valence-electron chi connectivity index (χ0n) is 13.8. The summed E-state index contributed by atoms with van der Waals surface area (Å²) in [5.74, 6) is 0.0696. The standard InChI is InChI=1S/C19H23N3O2/c23-17-4-1-9-19(17)10-2-12-21(14-19)18(24)15-5-7-16(8-6-15)22-13-3-11-20-22/h3,5-8,11,13,17,23H,1-2,4,9-10,12,14H2/t17-,19+/m1/s1. The Morgan fingerprint density at radius 2 is 2.00 bits per heavy atom. The van der Waals surface area contributed by atoms with Crippen LogP contribution >= 0.6 is 0 Å². The number of aliphatic hydroxyl groups is 1. The first kappa shape index (κ1) is 15.4. The molecule has 1 N–H and O–H groups in total. The summed E-state index contributed by atoms with van der Waals surface area (Å²) in [7, 11) is 0. The molecule has 1 saturated carbocycles. The van der Waals surface area contributed by atoms with Crippen molar-refractivity contribution in [3.05, 3.63) is 48.3 Å². The lowest BCUT2D eigenvalue weighted by Crippen LogP contribution is -2.49. The first-order valence-corrected chi connectivity index (χ1v) is 8.75. The Kier molecular flexibility index (Phi) is 3.88. The van der Waals surface area contributed by atoms with E-state index in [2.05, 4.69) is 5.10 Å². The van der Waals surface area contributed by atoms with Gasteiger partial charge in [0.15, 0.2) is 0 Å². The number of rotatable bonds is 2. The number of amides is 1. The number of likely N-dealkylation sites (tertiary alicyclic amines) is 1. The van der Waals surface area contributed by atoms with Gasteiger partial charge in [0.2, 0.25) is 0 Å². The van der Waals surface area contributed by atoms with Crippen LogP contribution in [0.5, 0.6) is 0 Å². The minimum atomic E-state index is -0.254. The number of piperidine rings is 1. The van der Waals surface area contributed by atoms with E-state index in [1.807, 2.05) is 41.4 Å². The third kappa shape index (κ3) is 2.63. The monoisotopic (exact) mass is 325 g/mol. The summed E-state index contributed by atoms with van der Waals surface area (Å²) in [4.78, 5) is 14.8. The molecule has 24 heavy (non-hydrogen) atoms. The molecule has 1 aromatic carbocycles. The average molecular weight is 325 g/mol. The van der Waals surface area contributed by atoms with Gasteiger partial charge < -0.3 is 10.0 Å². The molecule has 0 radical (unpaired) electrons. The van der Waals surface area contributed by atoms with Crippen LogP contribution in [0.3, 0.4) is 0 Å². The van der Waals surface area contributed by atoms with E-state index in [0.717, 1.165) is 44.3 Å². The fraction of sp³-hybridized carbons (Fsp3) is 0.474. The quantitative estimate of drug-likeness (QED) is 0.923. The van der Waals surface area contributed by atoms with Gasteiger partial charge in [0, 0.05) is 36.5 Å². The predicted octanol–water partition coefficient (Wildman–Crippen LogP) is 2.64. The van der Waals surface area contributed by atoms with Crippen molar-refractivity contribution in [2.24, 2.45) is 5.41 Å². The lowest BCUT2D eigenvalue weighted by Gasteiger charge is -2.42. The van der Waals surface area contributed by atoms with E-state index in [-0.39, 0.29) is 17.4 Å². The first-order valence-electron chi connectivity index (χ1n) is 8.75. The highest BCUT2D eigenvalue weighted by Crippen LogP contribution is 2.45. The van der Waals surface area contributed by atoms with Crippen LogP contribution in [0.2, 0.25) is 0 Å². The van der Waals surface area contributed by atoms with E-state index >= 15 is 0 Å². The molecule has 126 valence electrons. The molecule has 0 unspecified atom stereocenters. The SMILES string of the molecule is O=C(c1ccc(-n2cccn2)cc1)N1CCC[C@@]2(CCC[C@H]2O)C1. The highest BCUT2D eigenvalue weighted by Gasteiger charge is 2.45. The summed E-state index contributed by atoms with van der Waals surface area (Å²) in [5, 5.41) is 14.6. The Hall–Kier alpha value is -2.14. The van der Waals surface area contributed by atoms with Crippen molar-refractivity contribution in [2.45, 2.75) is 38.2 Å². The van der Waals surface area contributed by atoms with Crippen LogP contribution in [-0.2, 0) is 0 Å². The predicted molar refractivity (Wildman–Crippen MR) is 91.0 cm³/mol. The molecule has 2 aromatic rings. The second kappa shape index (κ2) is 6.06. The third-order valence-corrected chi connectivity index (χ3v) is 5.64. The number of aromatic nitrogens is 2. The molecule has 2 atom stereocenters. The number of hydrogen-bond acceptors (Lipinski definition) is 3. The smallest absolute Gasteiger partial charge is 0.253 e. The van der Waals surface area contributed by atoms with Crippen LogP contribution in [0.4, 0.5) is 0 Å². The highest BCUT2D eigenvalue weighted by molar-refractivity contribution is 5.94. The topological polar surface area (TPSA) is 58.4 Å². The van der Waals surface area contributed by atoms with Crippen LogP contribution in [0, 0.1) is 5.41 Å². The normalized spacial score (nSPS) is 26.9. The molecule has 1 amide bonds. The maximum atomic E-state index is 12.9.